The van der Waals surface area contributed by atoms with Crippen LogP contribution in [-0.2, 0) is 16.1 Å². The van der Waals surface area contributed by atoms with Gasteiger partial charge in [0.05, 0.1) is 6.54 Å². The Bertz CT molecular complexity index is 767. The van der Waals surface area contributed by atoms with Crippen molar-refractivity contribution in [1.82, 2.24) is 4.90 Å². The zero-order valence-corrected chi connectivity index (χ0v) is 15.6. The lowest BCUT2D eigenvalue weighted by Crippen LogP contribution is -2.40. The van der Waals surface area contributed by atoms with E-state index in [1.165, 1.54) is 4.88 Å². The van der Waals surface area contributed by atoms with Crippen molar-refractivity contribution in [3.05, 3.63) is 34.7 Å². The number of rotatable bonds is 4. The average molecular weight is 361 g/mol. The topological polar surface area (TPSA) is 59.0 Å². The molecule has 1 amide bonds. The number of fused-ring (bicyclic) bond motifs is 1. The average Bonchev–Trinajstić information content (AvgIpc) is 2.91. The Kier molecular flexibility index (Phi) is 5.30. The molecule has 1 aromatic carbocycles. The van der Waals surface area contributed by atoms with Gasteiger partial charge in [-0.25, -0.2) is 0 Å². The molecular formula is C19H23NO4S. The predicted molar refractivity (Wildman–Crippen MR) is 98.2 cm³/mol. The first-order chi connectivity index (χ1) is 12.0. The zero-order chi connectivity index (χ0) is 18.0. The molecule has 0 unspecified atom stereocenters. The van der Waals surface area contributed by atoms with Crippen molar-refractivity contribution in [3.63, 3.8) is 0 Å². The van der Waals surface area contributed by atoms with Gasteiger partial charge in [0.1, 0.15) is 12.7 Å². The quantitative estimate of drug-likeness (QED) is 0.904. The lowest BCUT2D eigenvalue weighted by molar-refractivity contribution is -0.142. The Labute approximate surface area is 151 Å². The summed E-state index contributed by atoms with van der Waals surface area (Å²) in [5, 5.41) is 10.4. The van der Waals surface area contributed by atoms with E-state index < -0.39 is 6.10 Å². The van der Waals surface area contributed by atoms with Crippen LogP contribution in [0.15, 0.2) is 24.3 Å². The lowest BCUT2D eigenvalue weighted by Gasteiger charge is -2.24. The van der Waals surface area contributed by atoms with Gasteiger partial charge in [-0.15, -0.1) is 11.3 Å². The van der Waals surface area contributed by atoms with Gasteiger partial charge in [0, 0.05) is 29.0 Å². The second-order valence-electron chi connectivity index (χ2n) is 6.13. The minimum Gasteiger partial charge on any atom is -0.504 e. The first-order valence-electron chi connectivity index (χ1n) is 8.40. The van der Waals surface area contributed by atoms with E-state index in [-0.39, 0.29) is 11.7 Å². The molecular weight excluding hydrogens is 338 g/mol. The van der Waals surface area contributed by atoms with Gasteiger partial charge in [-0.2, -0.15) is 0 Å². The van der Waals surface area contributed by atoms with Crippen molar-refractivity contribution in [1.29, 1.82) is 0 Å². The van der Waals surface area contributed by atoms with Crippen molar-refractivity contribution in [2.24, 2.45) is 0 Å². The smallest absolute Gasteiger partial charge is 0.252 e. The highest BCUT2D eigenvalue weighted by atomic mass is 32.1. The van der Waals surface area contributed by atoms with Crippen molar-refractivity contribution in [2.75, 3.05) is 20.3 Å². The maximum absolute atomic E-state index is 12.7. The number of nitrogens with zero attached hydrogens (tertiary/aromatic N) is 1. The maximum Gasteiger partial charge on any atom is 0.252 e. The van der Waals surface area contributed by atoms with E-state index in [1.807, 2.05) is 19.1 Å². The number of amides is 1. The second kappa shape index (κ2) is 7.45. The van der Waals surface area contributed by atoms with E-state index in [1.54, 1.807) is 29.4 Å². The molecule has 1 aliphatic rings. The molecule has 25 heavy (non-hydrogen) atoms. The van der Waals surface area contributed by atoms with Gasteiger partial charge in [-0.3, -0.25) is 4.79 Å². The van der Waals surface area contributed by atoms with Crippen molar-refractivity contribution < 1.29 is 19.4 Å². The van der Waals surface area contributed by atoms with Crippen LogP contribution in [0.3, 0.4) is 0 Å². The number of phenolic OH excluding ortho intramolecular Hbond substituents is 1. The standard InChI is InChI=1S/C19H23NO4S/c1-4-16(23-3)19(22)20-7-8-24-18-14(11-20)9-13(10-15(18)21)17-6-5-12(2)25-17/h5-6,9-10,16,21H,4,7-8,11H2,1-3H3/t16-/m1/s1. The molecule has 5 nitrogen and oxygen atoms in total. The lowest BCUT2D eigenvalue weighted by atomic mass is 10.1. The van der Waals surface area contributed by atoms with Gasteiger partial charge in [0.2, 0.25) is 0 Å². The summed E-state index contributed by atoms with van der Waals surface area (Å²) in [7, 11) is 1.55. The SMILES string of the molecule is CC[C@@H](OC)C(=O)N1CCOc2c(O)cc(-c3ccc(C)s3)cc2C1. The molecule has 0 saturated carbocycles. The number of thiophene rings is 1. The molecule has 0 saturated heterocycles. The van der Waals surface area contributed by atoms with Gasteiger partial charge in [0.25, 0.3) is 5.91 Å². The fraction of sp³-hybridized carbons (Fsp3) is 0.421. The highest BCUT2D eigenvalue weighted by Gasteiger charge is 2.27. The van der Waals surface area contributed by atoms with Crippen LogP contribution in [0.2, 0.25) is 0 Å². The molecule has 0 aliphatic carbocycles. The molecule has 6 heteroatoms. The van der Waals surface area contributed by atoms with E-state index in [4.69, 9.17) is 9.47 Å². The molecule has 0 spiro atoms. The summed E-state index contributed by atoms with van der Waals surface area (Å²) >= 11 is 1.67. The maximum atomic E-state index is 12.7. The number of ether oxygens (including phenoxy) is 2. The Morgan fingerprint density at radius 2 is 2.24 bits per heavy atom. The van der Waals surface area contributed by atoms with Crippen LogP contribution in [0.4, 0.5) is 0 Å². The fourth-order valence-electron chi connectivity index (χ4n) is 3.06. The molecule has 134 valence electrons. The number of benzene rings is 1. The fourth-order valence-corrected chi connectivity index (χ4v) is 3.92. The highest BCUT2D eigenvalue weighted by molar-refractivity contribution is 7.15. The third-order valence-corrected chi connectivity index (χ3v) is 5.43. The third-order valence-electron chi connectivity index (χ3n) is 4.38. The molecule has 1 aromatic heterocycles. The number of hydrogen-bond donors (Lipinski definition) is 1. The van der Waals surface area contributed by atoms with E-state index in [2.05, 4.69) is 13.0 Å². The summed E-state index contributed by atoms with van der Waals surface area (Å²) in [5.41, 5.74) is 1.75. The molecule has 0 radical (unpaired) electrons. The largest absolute Gasteiger partial charge is 0.504 e. The molecule has 1 aliphatic heterocycles. The van der Waals surface area contributed by atoms with Crippen LogP contribution in [0, 0.1) is 6.92 Å². The van der Waals surface area contributed by atoms with Gasteiger partial charge < -0.3 is 19.5 Å². The van der Waals surface area contributed by atoms with Crippen LogP contribution in [-0.4, -0.2) is 42.3 Å². The normalized spacial score (nSPS) is 15.2. The van der Waals surface area contributed by atoms with Crippen molar-refractivity contribution >= 4 is 17.2 Å². The van der Waals surface area contributed by atoms with E-state index in [0.29, 0.717) is 31.9 Å². The Morgan fingerprint density at radius 1 is 1.44 bits per heavy atom. The van der Waals surface area contributed by atoms with Crippen LogP contribution in [0.5, 0.6) is 11.5 Å². The zero-order valence-electron chi connectivity index (χ0n) is 14.7. The number of hydrogen-bond acceptors (Lipinski definition) is 5. The number of phenols is 1. The molecule has 1 N–H and O–H groups in total. The van der Waals surface area contributed by atoms with Crippen LogP contribution >= 0.6 is 11.3 Å². The summed E-state index contributed by atoms with van der Waals surface area (Å²) < 4.78 is 11.0. The molecule has 3 rings (SSSR count). The summed E-state index contributed by atoms with van der Waals surface area (Å²) in [4.78, 5) is 16.7. The number of aromatic hydroxyl groups is 1. The highest BCUT2D eigenvalue weighted by Crippen LogP contribution is 2.39. The summed E-state index contributed by atoms with van der Waals surface area (Å²) in [5.74, 6) is 0.544. The molecule has 2 heterocycles. The monoisotopic (exact) mass is 361 g/mol. The Morgan fingerprint density at radius 3 is 2.88 bits per heavy atom. The number of methoxy groups -OCH3 is 1. The van der Waals surface area contributed by atoms with Crippen molar-refractivity contribution in [2.45, 2.75) is 32.9 Å². The van der Waals surface area contributed by atoms with Crippen molar-refractivity contribution in [3.8, 4) is 21.9 Å². The molecule has 0 bridgehead atoms. The van der Waals surface area contributed by atoms with Crippen LogP contribution < -0.4 is 4.74 Å². The number of aryl methyl sites for hydroxylation is 1. The summed E-state index contributed by atoms with van der Waals surface area (Å²) in [6, 6.07) is 7.82. The predicted octanol–water partition coefficient (Wildman–Crippen LogP) is 3.58. The third kappa shape index (κ3) is 3.65. The van der Waals surface area contributed by atoms with Gasteiger partial charge in [0.15, 0.2) is 11.5 Å². The van der Waals surface area contributed by atoms with Crippen LogP contribution in [0.25, 0.3) is 10.4 Å². The number of carbonyl (C=O) groups is 1. The van der Waals surface area contributed by atoms with Gasteiger partial charge in [-0.1, -0.05) is 6.92 Å². The van der Waals surface area contributed by atoms with E-state index in [0.717, 1.165) is 16.0 Å². The van der Waals surface area contributed by atoms with Crippen LogP contribution in [0.1, 0.15) is 23.8 Å². The minimum atomic E-state index is -0.446. The van der Waals surface area contributed by atoms with E-state index in [9.17, 15) is 9.90 Å². The first kappa shape index (κ1) is 17.8. The summed E-state index contributed by atoms with van der Waals surface area (Å²) in [6.45, 7) is 5.21. The first-order valence-corrected chi connectivity index (χ1v) is 9.22. The molecule has 1 atom stereocenters. The molecule has 0 fully saturated rings. The Hall–Kier alpha value is -2.05. The summed E-state index contributed by atoms with van der Waals surface area (Å²) in [6.07, 6.45) is 0.178. The minimum absolute atomic E-state index is 0.0432. The van der Waals surface area contributed by atoms with E-state index >= 15 is 0 Å². The number of carbonyl (C=O) groups excluding carboxylic acids is 1. The van der Waals surface area contributed by atoms with Gasteiger partial charge in [-0.05, 0) is 43.2 Å². The second-order valence-corrected chi connectivity index (χ2v) is 7.42. The Balaban J connectivity index is 1.94. The molecule has 2 aromatic rings. The van der Waals surface area contributed by atoms with Gasteiger partial charge >= 0.3 is 0 Å².